The van der Waals surface area contributed by atoms with Gasteiger partial charge in [0.1, 0.15) is 5.00 Å². The highest BCUT2D eigenvalue weighted by molar-refractivity contribution is 7.17. The second-order valence-electron chi connectivity index (χ2n) is 6.40. The largest absolute Gasteiger partial charge is 0.465 e. The Bertz CT molecular complexity index is 1060. The second-order valence-corrected chi connectivity index (χ2v) is 7.51. The van der Waals surface area contributed by atoms with Crippen molar-refractivity contribution in [2.45, 2.75) is 13.3 Å². The fraction of sp³-hybridized carbons (Fsp3) is 0.136. The van der Waals surface area contributed by atoms with Gasteiger partial charge in [-0.2, -0.15) is 0 Å². The minimum absolute atomic E-state index is 0.320. The fourth-order valence-electron chi connectivity index (χ4n) is 2.95. The van der Waals surface area contributed by atoms with E-state index in [2.05, 4.69) is 10.1 Å². The van der Waals surface area contributed by atoms with Crippen LogP contribution in [0.25, 0.3) is 0 Å². The molecule has 0 saturated heterocycles. The Morgan fingerprint density at radius 3 is 2.21 bits per heavy atom. The maximum atomic E-state index is 12.6. The van der Waals surface area contributed by atoms with Crippen molar-refractivity contribution >= 4 is 34.1 Å². The molecule has 0 radical (unpaired) electrons. The molecule has 1 heterocycles. The number of thiophene rings is 1. The third-order valence-corrected chi connectivity index (χ3v) is 5.70. The van der Waals surface area contributed by atoms with Gasteiger partial charge in [-0.1, -0.05) is 30.3 Å². The molecular formula is C22H20N2O4S. The van der Waals surface area contributed by atoms with Crippen LogP contribution in [0.2, 0.25) is 0 Å². The number of methoxy groups -OCH3 is 1. The molecule has 0 saturated carbocycles. The van der Waals surface area contributed by atoms with E-state index in [0.29, 0.717) is 28.1 Å². The highest BCUT2D eigenvalue weighted by atomic mass is 32.1. The van der Waals surface area contributed by atoms with Gasteiger partial charge < -0.3 is 15.8 Å². The minimum atomic E-state index is -0.589. The Hall–Kier alpha value is -3.45. The van der Waals surface area contributed by atoms with Crippen LogP contribution >= 0.6 is 11.3 Å². The molecule has 0 atom stereocenters. The van der Waals surface area contributed by atoms with E-state index in [1.165, 1.54) is 42.7 Å². The Morgan fingerprint density at radius 2 is 1.62 bits per heavy atom. The van der Waals surface area contributed by atoms with Crippen LogP contribution in [0.1, 0.15) is 47.1 Å². The third-order valence-electron chi connectivity index (χ3n) is 4.49. The van der Waals surface area contributed by atoms with Crippen molar-refractivity contribution in [3.05, 3.63) is 87.3 Å². The lowest BCUT2D eigenvalue weighted by Gasteiger charge is -2.06. The number of esters is 1. The topological polar surface area (TPSA) is 98.5 Å². The van der Waals surface area contributed by atoms with Crippen molar-refractivity contribution in [1.29, 1.82) is 0 Å². The summed E-state index contributed by atoms with van der Waals surface area (Å²) in [6.45, 7) is 1.83. The first-order valence-electron chi connectivity index (χ1n) is 8.86. The Kier molecular flexibility index (Phi) is 6.09. The number of carbonyl (C=O) groups excluding carboxylic acids is 3. The third kappa shape index (κ3) is 4.52. The molecule has 0 aliphatic rings. The first-order valence-corrected chi connectivity index (χ1v) is 9.68. The van der Waals surface area contributed by atoms with Gasteiger partial charge >= 0.3 is 5.97 Å². The van der Waals surface area contributed by atoms with Crippen LogP contribution < -0.4 is 11.1 Å². The molecule has 6 nitrogen and oxygen atoms in total. The molecule has 3 rings (SSSR count). The summed E-state index contributed by atoms with van der Waals surface area (Å²) in [5, 5.41) is 3.20. The smallest absolute Gasteiger partial charge is 0.337 e. The van der Waals surface area contributed by atoms with E-state index in [-0.39, 0.29) is 0 Å². The molecule has 0 aliphatic heterocycles. The Balaban J connectivity index is 1.86. The summed E-state index contributed by atoms with van der Waals surface area (Å²) >= 11 is 1.34. The number of nitrogens with one attached hydrogen (secondary N) is 1. The van der Waals surface area contributed by atoms with Crippen molar-refractivity contribution in [2.75, 3.05) is 12.4 Å². The van der Waals surface area contributed by atoms with Crippen LogP contribution in [-0.2, 0) is 11.2 Å². The Labute approximate surface area is 172 Å². The Morgan fingerprint density at radius 1 is 1.00 bits per heavy atom. The zero-order valence-electron chi connectivity index (χ0n) is 16.0. The van der Waals surface area contributed by atoms with Gasteiger partial charge in [0.05, 0.1) is 18.2 Å². The maximum absolute atomic E-state index is 12.6. The number of benzene rings is 2. The number of carbonyl (C=O) groups is 3. The van der Waals surface area contributed by atoms with Gasteiger partial charge in [-0.05, 0) is 42.3 Å². The predicted octanol–water partition coefficient (Wildman–Crippen LogP) is 3.79. The summed E-state index contributed by atoms with van der Waals surface area (Å²) < 4.78 is 4.65. The number of primary amides is 1. The first-order chi connectivity index (χ1) is 13.9. The molecule has 3 aromatic rings. The van der Waals surface area contributed by atoms with E-state index in [4.69, 9.17) is 5.73 Å². The van der Waals surface area contributed by atoms with Crippen molar-refractivity contribution in [3.8, 4) is 0 Å². The SMILES string of the molecule is COC(=O)c1ccc(C(=O)Nc2sc(Cc3ccccc3)c(C)c2C(N)=O)cc1. The normalized spacial score (nSPS) is 10.4. The standard InChI is InChI=1S/C22H20N2O4S/c1-13-17(12-14-6-4-3-5-7-14)29-21(18(13)19(23)25)24-20(26)15-8-10-16(11-9-15)22(27)28-2/h3-11H,12H2,1-2H3,(H2,23,25)(H,24,26). The first kappa shape index (κ1) is 20.3. The summed E-state index contributed by atoms with van der Waals surface area (Å²) in [5.41, 5.74) is 8.45. The van der Waals surface area contributed by atoms with Gasteiger partial charge in [0.15, 0.2) is 0 Å². The van der Waals surface area contributed by atoms with Crippen LogP contribution in [0.5, 0.6) is 0 Å². The molecule has 148 valence electrons. The molecule has 0 aliphatic carbocycles. The molecule has 3 N–H and O–H groups in total. The van der Waals surface area contributed by atoms with Crippen molar-refractivity contribution < 1.29 is 19.1 Å². The van der Waals surface area contributed by atoms with Crippen LogP contribution in [0, 0.1) is 6.92 Å². The number of anilines is 1. The molecule has 2 amide bonds. The number of ether oxygens (including phenoxy) is 1. The second kappa shape index (κ2) is 8.70. The molecule has 0 fully saturated rings. The molecule has 7 heteroatoms. The number of hydrogen-bond donors (Lipinski definition) is 2. The molecule has 0 unspecified atom stereocenters. The summed E-state index contributed by atoms with van der Waals surface area (Å²) in [6.07, 6.45) is 0.640. The molecular weight excluding hydrogens is 388 g/mol. The van der Waals surface area contributed by atoms with Gasteiger partial charge in [0.2, 0.25) is 0 Å². The van der Waals surface area contributed by atoms with Crippen molar-refractivity contribution in [2.24, 2.45) is 5.73 Å². The zero-order chi connectivity index (χ0) is 21.0. The predicted molar refractivity (Wildman–Crippen MR) is 113 cm³/mol. The molecule has 29 heavy (non-hydrogen) atoms. The number of nitrogens with two attached hydrogens (primary N) is 1. The minimum Gasteiger partial charge on any atom is -0.465 e. The van der Waals surface area contributed by atoms with E-state index in [0.717, 1.165) is 16.0 Å². The molecule has 1 aromatic heterocycles. The van der Waals surface area contributed by atoms with E-state index in [1.807, 2.05) is 37.3 Å². The number of hydrogen-bond acceptors (Lipinski definition) is 5. The van der Waals surface area contributed by atoms with Gasteiger partial charge in [-0.3, -0.25) is 9.59 Å². The summed E-state index contributed by atoms with van der Waals surface area (Å²) in [6, 6.07) is 15.9. The lowest BCUT2D eigenvalue weighted by molar-refractivity contribution is 0.0600. The van der Waals surface area contributed by atoms with Gasteiger partial charge in [-0.25, -0.2) is 4.79 Å². The van der Waals surface area contributed by atoms with Crippen LogP contribution in [0.4, 0.5) is 5.00 Å². The summed E-state index contributed by atoms with van der Waals surface area (Å²) in [7, 11) is 1.29. The number of rotatable bonds is 6. The van der Waals surface area contributed by atoms with Gasteiger partial charge in [0.25, 0.3) is 11.8 Å². The van der Waals surface area contributed by atoms with E-state index in [1.54, 1.807) is 0 Å². The van der Waals surface area contributed by atoms with E-state index >= 15 is 0 Å². The molecule has 2 aromatic carbocycles. The fourth-order valence-corrected chi connectivity index (χ4v) is 4.19. The van der Waals surface area contributed by atoms with Crippen LogP contribution in [0.3, 0.4) is 0 Å². The average molecular weight is 408 g/mol. The van der Waals surface area contributed by atoms with Gasteiger partial charge in [0, 0.05) is 16.9 Å². The van der Waals surface area contributed by atoms with Crippen LogP contribution in [-0.4, -0.2) is 24.9 Å². The quantitative estimate of drug-likeness (QED) is 0.606. The summed E-state index contributed by atoms with van der Waals surface area (Å²) in [5.74, 6) is -1.46. The maximum Gasteiger partial charge on any atom is 0.337 e. The van der Waals surface area contributed by atoms with E-state index in [9.17, 15) is 14.4 Å². The molecule has 0 bridgehead atoms. The van der Waals surface area contributed by atoms with Crippen LogP contribution in [0.15, 0.2) is 54.6 Å². The lowest BCUT2D eigenvalue weighted by atomic mass is 10.1. The van der Waals surface area contributed by atoms with E-state index < -0.39 is 17.8 Å². The monoisotopic (exact) mass is 408 g/mol. The van der Waals surface area contributed by atoms with Crippen molar-refractivity contribution in [1.82, 2.24) is 0 Å². The number of amides is 2. The highest BCUT2D eigenvalue weighted by Crippen LogP contribution is 2.34. The van der Waals surface area contributed by atoms with Gasteiger partial charge in [-0.15, -0.1) is 11.3 Å². The zero-order valence-corrected chi connectivity index (χ0v) is 16.8. The average Bonchev–Trinajstić information content (AvgIpc) is 3.03. The summed E-state index contributed by atoms with van der Waals surface area (Å²) in [4.78, 5) is 37.1. The highest BCUT2D eigenvalue weighted by Gasteiger charge is 2.21. The molecule has 0 spiro atoms. The van der Waals surface area contributed by atoms with Crippen molar-refractivity contribution in [3.63, 3.8) is 0 Å². The lowest BCUT2D eigenvalue weighted by Crippen LogP contribution is -2.17.